The summed E-state index contributed by atoms with van der Waals surface area (Å²) in [6.07, 6.45) is 2.25. The van der Waals surface area contributed by atoms with Crippen LogP contribution in [0.5, 0.6) is 0 Å². The molecular formula is C14H16F3S+. The van der Waals surface area contributed by atoms with Gasteiger partial charge in [-0.2, -0.15) is 0 Å². The van der Waals surface area contributed by atoms with E-state index in [1.165, 1.54) is 0 Å². The molecule has 0 radical (unpaired) electrons. The molecule has 18 heavy (non-hydrogen) atoms. The first-order valence-electron chi connectivity index (χ1n) is 6.12. The lowest BCUT2D eigenvalue weighted by Crippen LogP contribution is -1.97. The number of hydrogen-bond donors (Lipinski definition) is 0. The number of rotatable bonds is 3. The fourth-order valence-corrected chi connectivity index (χ4v) is 4.21. The van der Waals surface area contributed by atoms with Crippen molar-refractivity contribution in [3.8, 4) is 0 Å². The van der Waals surface area contributed by atoms with Gasteiger partial charge in [-0.1, -0.05) is 26.3 Å². The maximum absolute atomic E-state index is 13.2. The molecule has 0 fully saturated rings. The minimum Gasteiger partial charge on any atom is -0.118 e. The Morgan fingerprint density at radius 3 is 2.39 bits per heavy atom. The maximum atomic E-state index is 13.2. The molecule has 0 aliphatic heterocycles. The second-order valence-corrected chi connectivity index (χ2v) is 6.38. The van der Waals surface area contributed by atoms with Crippen LogP contribution in [0.3, 0.4) is 0 Å². The monoisotopic (exact) mass is 273 g/mol. The molecule has 1 aromatic heterocycles. The van der Waals surface area contributed by atoms with E-state index in [0.29, 0.717) is 16.0 Å². The summed E-state index contributed by atoms with van der Waals surface area (Å²) in [5.41, 5.74) is -3.15. The molecule has 0 saturated heterocycles. The van der Waals surface area contributed by atoms with Crippen molar-refractivity contribution >= 4 is 20.6 Å². The summed E-state index contributed by atoms with van der Waals surface area (Å²) < 4.78 is 40.0. The number of aryl methyl sites for hydroxylation is 2. The number of fused-ring (bicyclic) bond motifs is 1. The summed E-state index contributed by atoms with van der Waals surface area (Å²) in [6.45, 7) is 3.82. The lowest BCUT2D eigenvalue weighted by molar-refractivity contribution is -0.0867. The molecule has 4 heteroatoms. The Bertz CT molecular complexity index is 552. The molecule has 0 amide bonds. The van der Waals surface area contributed by atoms with E-state index in [1.54, 1.807) is 19.1 Å². The summed E-state index contributed by atoms with van der Waals surface area (Å²) in [4.78, 5) is 0.506. The Kier molecular flexibility index (Phi) is 3.66. The van der Waals surface area contributed by atoms with Gasteiger partial charge in [-0.3, -0.25) is 0 Å². The van der Waals surface area contributed by atoms with Crippen LogP contribution in [0.15, 0.2) is 24.3 Å². The highest BCUT2D eigenvalue weighted by molar-refractivity contribution is 7.38. The van der Waals surface area contributed by atoms with Crippen molar-refractivity contribution in [2.24, 2.45) is 0 Å². The van der Waals surface area contributed by atoms with Gasteiger partial charge in [0.1, 0.15) is 0 Å². The van der Waals surface area contributed by atoms with Crippen LogP contribution in [-0.4, -0.2) is 0 Å². The molecule has 1 atom stereocenters. The van der Waals surface area contributed by atoms with Crippen LogP contribution < -0.4 is 0 Å². The third kappa shape index (κ3) is 2.39. The summed E-state index contributed by atoms with van der Waals surface area (Å²) in [6, 6.07) is 7.22. The van der Waals surface area contributed by atoms with Gasteiger partial charge in [-0.05, 0) is 18.1 Å². The minimum atomic E-state index is -4.15. The number of halogens is 3. The highest BCUT2D eigenvalue weighted by atomic mass is 32.2. The van der Waals surface area contributed by atoms with E-state index in [9.17, 15) is 13.2 Å². The molecule has 0 saturated carbocycles. The number of thiophene rings is 1. The van der Waals surface area contributed by atoms with E-state index in [2.05, 4.69) is 0 Å². The summed E-state index contributed by atoms with van der Waals surface area (Å²) >= 11 is 0. The fourth-order valence-electron chi connectivity index (χ4n) is 2.21. The van der Waals surface area contributed by atoms with E-state index < -0.39 is 16.0 Å². The average molecular weight is 273 g/mol. The predicted octanol–water partition coefficient (Wildman–Crippen LogP) is 5.58. The first kappa shape index (κ1) is 13.4. The SMILES string of the molecule is CCCc1ccc2cc(CC)[s+](C(F)(F)F)c2c1. The lowest BCUT2D eigenvalue weighted by Gasteiger charge is -2.00. The molecule has 0 spiro atoms. The van der Waals surface area contributed by atoms with Crippen molar-refractivity contribution in [1.82, 2.24) is 0 Å². The van der Waals surface area contributed by atoms with Crippen molar-refractivity contribution in [2.45, 2.75) is 38.6 Å². The van der Waals surface area contributed by atoms with Crippen LogP contribution in [0.2, 0.25) is 0 Å². The van der Waals surface area contributed by atoms with Crippen molar-refractivity contribution < 1.29 is 13.2 Å². The third-order valence-electron chi connectivity index (χ3n) is 3.00. The van der Waals surface area contributed by atoms with E-state index >= 15 is 0 Å². The standard InChI is InChI=1S/C14H16F3S/c1-3-5-10-6-7-11-9-12(4-2)18(13(11)8-10)14(15,16)17/h6-9H,3-5H2,1-2H3/q+1. The minimum absolute atomic E-state index is 0.459. The first-order valence-corrected chi connectivity index (χ1v) is 7.34. The molecule has 1 unspecified atom stereocenters. The molecule has 0 aliphatic carbocycles. The molecular weight excluding hydrogens is 257 g/mol. The van der Waals surface area contributed by atoms with Gasteiger partial charge in [0, 0.05) is 23.9 Å². The molecule has 1 heterocycles. The summed E-state index contributed by atoms with van der Waals surface area (Å²) in [5.74, 6) is 0. The quantitative estimate of drug-likeness (QED) is 0.640. The van der Waals surface area contributed by atoms with E-state index in [4.69, 9.17) is 0 Å². The molecule has 98 valence electrons. The van der Waals surface area contributed by atoms with Crippen molar-refractivity contribution in [1.29, 1.82) is 0 Å². The lowest BCUT2D eigenvalue weighted by atomic mass is 10.1. The van der Waals surface area contributed by atoms with Gasteiger partial charge in [-0.15, -0.1) is 13.2 Å². The highest BCUT2D eigenvalue weighted by Crippen LogP contribution is 2.51. The third-order valence-corrected chi connectivity index (χ3v) is 5.18. The highest BCUT2D eigenvalue weighted by Gasteiger charge is 2.47. The van der Waals surface area contributed by atoms with Crippen LogP contribution in [-0.2, 0) is 18.3 Å². The van der Waals surface area contributed by atoms with Gasteiger partial charge in [0.05, 0.1) is 10.5 Å². The second-order valence-electron chi connectivity index (χ2n) is 4.34. The molecule has 0 bridgehead atoms. The Morgan fingerprint density at radius 1 is 1.11 bits per heavy atom. The number of hydrogen-bond acceptors (Lipinski definition) is 0. The first-order chi connectivity index (χ1) is 8.47. The van der Waals surface area contributed by atoms with Gasteiger partial charge in [-0.25, -0.2) is 0 Å². The van der Waals surface area contributed by atoms with Crippen molar-refractivity contribution in [2.75, 3.05) is 0 Å². The molecule has 0 nitrogen and oxygen atoms in total. The second kappa shape index (κ2) is 4.92. The van der Waals surface area contributed by atoms with Gasteiger partial charge >= 0.3 is 5.51 Å². The fraction of sp³-hybridized carbons (Fsp3) is 0.429. The van der Waals surface area contributed by atoms with Crippen molar-refractivity contribution in [3.63, 3.8) is 0 Å². The van der Waals surface area contributed by atoms with Gasteiger partial charge < -0.3 is 0 Å². The Hall–Kier alpha value is -1.03. The predicted molar refractivity (Wildman–Crippen MR) is 71.1 cm³/mol. The van der Waals surface area contributed by atoms with Crippen LogP contribution in [0.4, 0.5) is 13.2 Å². The molecule has 2 aromatic rings. The topological polar surface area (TPSA) is 0 Å². The zero-order chi connectivity index (χ0) is 13.3. The van der Waals surface area contributed by atoms with Gasteiger partial charge in [0.2, 0.25) is 0 Å². The van der Waals surface area contributed by atoms with Crippen LogP contribution >= 0.6 is 10.5 Å². The van der Waals surface area contributed by atoms with Gasteiger partial charge in [0.15, 0.2) is 9.58 Å². The number of benzene rings is 1. The smallest absolute Gasteiger partial charge is 0.118 e. The van der Waals surface area contributed by atoms with Crippen molar-refractivity contribution in [3.05, 3.63) is 34.7 Å². The number of alkyl halides is 3. The van der Waals surface area contributed by atoms with Crippen LogP contribution in [0.25, 0.3) is 10.1 Å². The molecule has 1 aromatic carbocycles. The largest absolute Gasteiger partial charge is 0.600 e. The Balaban J connectivity index is 2.67. The van der Waals surface area contributed by atoms with Crippen LogP contribution in [0.1, 0.15) is 30.7 Å². The zero-order valence-electron chi connectivity index (χ0n) is 10.5. The van der Waals surface area contributed by atoms with E-state index in [0.717, 1.165) is 23.8 Å². The Labute approximate surface area is 107 Å². The van der Waals surface area contributed by atoms with Gasteiger partial charge in [0.25, 0.3) is 0 Å². The summed E-state index contributed by atoms with van der Waals surface area (Å²) in [5, 5.41) is 0.743. The Morgan fingerprint density at radius 2 is 1.83 bits per heavy atom. The van der Waals surface area contributed by atoms with E-state index in [-0.39, 0.29) is 0 Å². The average Bonchev–Trinajstić information content (AvgIpc) is 2.66. The molecule has 2 rings (SSSR count). The molecule has 0 aliphatic rings. The van der Waals surface area contributed by atoms with E-state index in [1.807, 2.05) is 19.1 Å². The normalized spacial score (nSPS) is 13.3. The zero-order valence-corrected chi connectivity index (χ0v) is 11.3. The summed E-state index contributed by atoms with van der Waals surface area (Å²) in [7, 11) is -1.71. The van der Waals surface area contributed by atoms with Crippen LogP contribution in [0, 0.1) is 0 Å². The molecule has 0 N–H and O–H groups in total. The maximum Gasteiger partial charge on any atom is 0.600 e.